The fraction of sp³-hybridized carbons (Fsp3) is 0.188. The Kier molecular flexibility index (Phi) is 4.64. The van der Waals surface area contributed by atoms with Crippen LogP contribution in [0.3, 0.4) is 0 Å². The number of benzene rings is 2. The van der Waals surface area contributed by atoms with Crippen LogP contribution in [0.2, 0.25) is 5.02 Å². The number of aryl methyl sites for hydroxylation is 1. The van der Waals surface area contributed by atoms with Gasteiger partial charge in [-0.15, -0.1) is 0 Å². The van der Waals surface area contributed by atoms with Crippen molar-refractivity contribution >= 4 is 28.9 Å². The first kappa shape index (κ1) is 14.4. The average Bonchev–Trinajstić information content (AvgIpc) is 2.42. The Bertz CT molecular complexity index is 626. The SMILES string of the molecule is CCNc1cc(C)ccc1C(=O)Nc1ccccc1Cl. The molecule has 0 aliphatic heterocycles. The molecule has 0 aliphatic rings. The summed E-state index contributed by atoms with van der Waals surface area (Å²) in [5.41, 5.74) is 3.16. The lowest BCUT2D eigenvalue weighted by molar-refractivity contribution is 0.102. The molecule has 0 fully saturated rings. The molecule has 0 radical (unpaired) electrons. The minimum atomic E-state index is -0.172. The molecule has 3 nitrogen and oxygen atoms in total. The molecule has 2 aromatic carbocycles. The molecule has 4 heteroatoms. The second kappa shape index (κ2) is 6.44. The number of halogens is 1. The Morgan fingerprint density at radius 3 is 2.60 bits per heavy atom. The van der Waals surface area contributed by atoms with Gasteiger partial charge in [-0.05, 0) is 43.7 Å². The van der Waals surface area contributed by atoms with Crippen LogP contribution in [-0.2, 0) is 0 Å². The van der Waals surface area contributed by atoms with Gasteiger partial charge >= 0.3 is 0 Å². The Morgan fingerprint density at radius 2 is 1.90 bits per heavy atom. The number of rotatable bonds is 4. The van der Waals surface area contributed by atoms with Gasteiger partial charge in [0, 0.05) is 12.2 Å². The predicted octanol–water partition coefficient (Wildman–Crippen LogP) is 4.33. The van der Waals surface area contributed by atoms with E-state index in [9.17, 15) is 4.79 Å². The van der Waals surface area contributed by atoms with Crippen molar-refractivity contribution in [3.05, 3.63) is 58.6 Å². The van der Waals surface area contributed by atoms with Gasteiger partial charge in [0.25, 0.3) is 5.91 Å². The molecule has 1 amide bonds. The van der Waals surface area contributed by atoms with Crippen LogP contribution in [0.25, 0.3) is 0 Å². The molecule has 2 rings (SSSR count). The molecular weight excluding hydrogens is 272 g/mol. The Balaban J connectivity index is 2.27. The highest BCUT2D eigenvalue weighted by Gasteiger charge is 2.12. The number of carbonyl (C=O) groups excluding carboxylic acids is 1. The predicted molar refractivity (Wildman–Crippen MR) is 84.7 cm³/mol. The maximum absolute atomic E-state index is 12.4. The van der Waals surface area contributed by atoms with Crippen LogP contribution >= 0.6 is 11.6 Å². The van der Waals surface area contributed by atoms with Crippen molar-refractivity contribution in [1.82, 2.24) is 0 Å². The Hall–Kier alpha value is -2.00. The molecule has 0 saturated heterocycles. The van der Waals surface area contributed by atoms with Crippen LogP contribution in [0.15, 0.2) is 42.5 Å². The second-order valence-corrected chi connectivity index (χ2v) is 4.92. The number of carbonyl (C=O) groups is 1. The standard InChI is InChI=1S/C16H17ClN2O/c1-3-18-15-10-11(2)8-9-12(15)16(20)19-14-7-5-4-6-13(14)17/h4-10,18H,3H2,1-2H3,(H,19,20). The molecule has 104 valence electrons. The molecule has 0 unspecified atom stereocenters. The minimum Gasteiger partial charge on any atom is -0.385 e. The third-order valence-corrected chi connectivity index (χ3v) is 3.24. The molecule has 2 aromatic rings. The lowest BCUT2D eigenvalue weighted by atomic mass is 10.1. The van der Waals surface area contributed by atoms with Gasteiger partial charge in [0.05, 0.1) is 16.3 Å². The molecule has 2 N–H and O–H groups in total. The van der Waals surface area contributed by atoms with Gasteiger partial charge in [0.15, 0.2) is 0 Å². The topological polar surface area (TPSA) is 41.1 Å². The zero-order chi connectivity index (χ0) is 14.5. The largest absolute Gasteiger partial charge is 0.385 e. The molecule has 0 spiro atoms. The number of hydrogen-bond acceptors (Lipinski definition) is 2. The summed E-state index contributed by atoms with van der Waals surface area (Å²) in [5, 5.41) is 6.56. The average molecular weight is 289 g/mol. The summed E-state index contributed by atoms with van der Waals surface area (Å²) in [4.78, 5) is 12.4. The molecule has 0 atom stereocenters. The molecule has 0 aromatic heterocycles. The van der Waals surface area contributed by atoms with Gasteiger partial charge in [0.1, 0.15) is 0 Å². The normalized spacial score (nSPS) is 10.2. The molecule has 20 heavy (non-hydrogen) atoms. The highest BCUT2D eigenvalue weighted by Crippen LogP contribution is 2.23. The monoisotopic (exact) mass is 288 g/mol. The van der Waals surface area contributed by atoms with Crippen LogP contribution in [0, 0.1) is 6.92 Å². The summed E-state index contributed by atoms with van der Waals surface area (Å²) in [5.74, 6) is -0.172. The number of para-hydroxylation sites is 1. The fourth-order valence-corrected chi connectivity index (χ4v) is 2.13. The number of nitrogens with one attached hydrogen (secondary N) is 2. The Labute approximate surface area is 124 Å². The summed E-state index contributed by atoms with van der Waals surface area (Å²) in [7, 11) is 0. The van der Waals surface area contributed by atoms with Crippen molar-refractivity contribution in [2.45, 2.75) is 13.8 Å². The van der Waals surface area contributed by atoms with Crippen LogP contribution in [0.4, 0.5) is 11.4 Å². The van der Waals surface area contributed by atoms with Crippen LogP contribution < -0.4 is 10.6 Å². The number of anilines is 2. The van der Waals surface area contributed by atoms with Crippen molar-refractivity contribution < 1.29 is 4.79 Å². The first-order chi connectivity index (χ1) is 9.61. The summed E-state index contributed by atoms with van der Waals surface area (Å²) >= 11 is 6.05. The summed E-state index contributed by atoms with van der Waals surface area (Å²) in [6, 6.07) is 12.9. The van der Waals surface area contributed by atoms with E-state index in [-0.39, 0.29) is 5.91 Å². The van der Waals surface area contributed by atoms with Crippen molar-refractivity contribution in [1.29, 1.82) is 0 Å². The summed E-state index contributed by atoms with van der Waals surface area (Å²) in [6.07, 6.45) is 0. The van der Waals surface area contributed by atoms with E-state index in [1.54, 1.807) is 12.1 Å². The fourth-order valence-electron chi connectivity index (χ4n) is 1.95. The maximum Gasteiger partial charge on any atom is 0.257 e. The molecule has 0 aliphatic carbocycles. The van der Waals surface area contributed by atoms with Gasteiger partial charge in [-0.1, -0.05) is 29.8 Å². The zero-order valence-electron chi connectivity index (χ0n) is 11.5. The van der Waals surface area contributed by atoms with Crippen molar-refractivity contribution in [3.63, 3.8) is 0 Å². The number of hydrogen-bond donors (Lipinski definition) is 2. The lowest BCUT2D eigenvalue weighted by Gasteiger charge is -2.12. The zero-order valence-corrected chi connectivity index (χ0v) is 12.3. The van der Waals surface area contributed by atoms with Gasteiger partial charge in [-0.25, -0.2) is 0 Å². The molecule has 0 saturated carbocycles. The highest BCUT2D eigenvalue weighted by molar-refractivity contribution is 6.34. The van der Waals surface area contributed by atoms with Crippen molar-refractivity contribution in [2.24, 2.45) is 0 Å². The van der Waals surface area contributed by atoms with Crippen molar-refractivity contribution in [3.8, 4) is 0 Å². The van der Waals surface area contributed by atoms with E-state index in [1.165, 1.54) is 0 Å². The van der Waals surface area contributed by atoms with Crippen molar-refractivity contribution in [2.75, 3.05) is 17.2 Å². The van der Waals surface area contributed by atoms with E-state index in [1.807, 2.05) is 44.2 Å². The van der Waals surface area contributed by atoms with E-state index >= 15 is 0 Å². The number of amides is 1. The van der Waals surface area contributed by atoms with Crippen LogP contribution in [0.5, 0.6) is 0 Å². The van der Waals surface area contributed by atoms with E-state index in [0.29, 0.717) is 16.3 Å². The van der Waals surface area contributed by atoms with Gasteiger partial charge in [0.2, 0.25) is 0 Å². The quantitative estimate of drug-likeness (QED) is 0.879. The third kappa shape index (κ3) is 3.31. The Morgan fingerprint density at radius 1 is 1.15 bits per heavy atom. The first-order valence-corrected chi connectivity index (χ1v) is 6.90. The smallest absolute Gasteiger partial charge is 0.257 e. The van der Waals surface area contributed by atoms with Crippen LogP contribution in [0.1, 0.15) is 22.8 Å². The van der Waals surface area contributed by atoms with E-state index in [0.717, 1.165) is 17.8 Å². The van der Waals surface area contributed by atoms with E-state index in [2.05, 4.69) is 10.6 Å². The van der Waals surface area contributed by atoms with Crippen LogP contribution in [-0.4, -0.2) is 12.5 Å². The molecular formula is C16H17ClN2O. The van der Waals surface area contributed by atoms with E-state index < -0.39 is 0 Å². The van der Waals surface area contributed by atoms with Gasteiger partial charge in [-0.2, -0.15) is 0 Å². The van der Waals surface area contributed by atoms with E-state index in [4.69, 9.17) is 11.6 Å². The molecule has 0 bridgehead atoms. The third-order valence-electron chi connectivity index (χ3n) is 2.91. The summed E-state index contributed by atoms with van der Waals surface area (Å²) < 4.78 is 0. The minimum absolute atomic E-state index is 0.172. The van der Waals surface area contributed by atoms with Gasteiger partial charge in [-0.3, -0.25) is 4.79 Å². The highest BCUT2D eigenvalue weighted by atomic mass is 35.5. The summed E-state index contributed by atoms with van der Waals surface area (Å²) in [6.45, 7) is 4.75. The first-order valence-electron chi connectivity index (χ1n) is 6.52. The second-order valence-electron chi connectivity index (χ2n) is 4.51. The lowest BCUT2D eigenvalue weighted by Crippen LogP contribution is -2.15. The maximum atomic E-state index is 12.4. The molecule has 0 heterocycles. The van der Waals surface area contributed by atoms with Gasteiger partial charge < -0.3 is 10.6 Å².